The lowest BCUT2D eigenvalue weighted by atomic mass is 10.2. The molecule has 1 aliphatic rings. The maximum atomic E-state index is 12.5. The zero-order chi connectivity index (χ0) is 18.5. The van der Waals surface area contributed by atoms with Crippen LogP contribution in [0.15, 0.2) is 48.5 Å². The number of carbonyl (C=O) groups excluding carboxylic acids is 2. The standard InChI is InChI=1S/C20H22ClN3O2/c1-15-7-8-17(21)13-18(15)22-19(25)14-23-9-11-24(12-10-23)20(26)16-5-3-2-4-6-16/h2-8,13H,9-12,14H2,1H3,(H,22,25). The topological polar surface area (TPSA) is 52.7 Å². The van der Waals surface area contributed by atoms with Crippen molar-refractivity contribution >= 4 is 29.1 Å². The first-order valence-electron chi connectivity index (χ1n) is 8.65. The molecular weight excluding hydrogens is 350 g/mol. The molecule has 136 valence electrons. The normalized spacial score (nSPS) is 14.9. The van der Waals surface area contributed by atoms with Gasteiger partial charge in [0.15, 0.2) is 0 Å². The molecule has 1 fully saturated rings. The predicted octanol–water partition coefficient (Wildman–Crippen LogP) is 3.04. The van der Waals surface area contributed by atoms with Gasteiger partial charge in [0, 0.05) is 42.5 Å². The molecule has 1 heterocycles. The van der Waals surface area contributed by atoms with Gasteiger partial charge in [-0.1, -0.05) is 35.9 Å². The third-order valence-electron chi connectivity index (χ3n) is 4.52. The molecule has 2 aromatic carbocycles. The monoisotopic (exact) mass is 371 g/mol. The summed E-state index contributed by atoms with van der Waals surface area (Å²) < 4.78 is 0. The largest absolute Gasteiger partial charge is 0.336 e. The van der Waals surface area contributed by atoms with Crippen molar-refractivity contribution in [2.45, 2.75) is 6.92 Å². The molecule has 2 amide bonds. The fourth-order valence-corrected chi connectivity index (χ4v) is 3.17. The SMILES string of the molecule is Cc1ccc(Cl)cc1NC(=O)CN1CCN(C(=O)c2ccccc2)CC1. The van der Waals surface area contributed by atoms with Crippen LogP contribution in [0.4, 0.5) is 5.69 Å². The number of aryl methyl sites for hydroxylation is 1. The first-order chi connectivity index (χ1) is 12.5. The zero-order valence-electron chi connectivity index (χ0n) is 14.7. The van der Waals surface area contributed by atoms with Crippen molar-refractivity contribution in [3.63, 3.8) is 0 Å². The lowest BCUT2D eigenvalue weighted by molar-refractivity contribution is -0.117. The summed E-state index contributed by atoms with van der Waals surface area (Å²) in [6, 6.07) is 14.7. The van der Waals surface area contributed by atoms with E-state index in [4.69, 9.17) is 11.6 Å². The van der Waals surface area contributed by atoms with Crippen LogP contribution >= 0.6 is 11.6 Å². The predicted molar refractivity (Wildman–Crippen MR) is 104 cm³/mol. The van der Waals surface area contributed by atoms with Crippen molar-refractivity contribution in [3.05, 3.63) is 64.7 Å². The Hall–Kier alpha value is -2.37. The lowest BCUT2D eigenvalue weighted by Crippen LogP contribution is -2.50. The molecule has 6 heteroatoms. The molecule has 5 nitrogen and oxygen atoms in total. The van der Waals surface area contributed by atoms with Crippen molar-refractivity contribution in [3.8, 4) is 0 Å². The van der Waals surface area contributed by atoms with E-state index < -0.39 is 0 Å². The summed E-state index contributed by atoms with van der Waals surface area (Å²) in [5.41, 5.74) is 2.41. The highest BCUT2D eigenvalue weighted by Gasteiger charge is 2.23. The summed E-state index contributed by atoms with van der Waals surface area (Å²) in [5.74, 6) is -0.0255. The molecule has 26 heavy (non-hydrogen) atoms. The van der Waals surface area contributed by atoms with Crippen LogP contribution in [0.5, 0.6) is 0 Å². The minimum Gasteiger partial charge on any atom is -0.336 e. The quantitative estimate of drug-likeness (QED) is 0.898. The van der Waals surface area contributed by atoms with Gasteiger partial charge in [0.2, 0.25) is 5.91 Å². The molecule has 0 radical (unpaired) electrons. The average Bonchev–Trinajstić information content (AvgIpc) is 2.65. The molecule has 0 atom stereocenters. The second-order valence-electron chi connectivity index (χ2n) is 6.44. The summed E-state index contributed by atoms with van der Waals surface area (Å²) in [6.07, 6.45) is 0. The van der Waals surface area contributed by atoms with Crippen molar-refractivity contribution in [1.29, 1.82) is 0 Å². The Kier molecular flexibility index (Phi) is 5.91. The van der Waals surface area contributed by atoms with Gasteiger partial charge in [-0.2, -0.15) is 0 Å². The Morgan fingerprint density at radius 3 is 2.42 bits per heavy atom. The Morgan fingerprint density at radius 1 is 1.04 bits per heavy atom. The molecule has 1 aliphatic heterocycles. The number of nitrogens with zero attached hydrogens (tertiary/aromatic N) is 2. The summed E-state index contributed by atoms with van der Waals surface area (Å²) in [6.45, 7) is 4.84. The molecule has 1 saturated heterocycles. The molecular formula is C20H22ClN3O2. The van der Waals surface area contributed by atoms with Crippen LogP contribution in [0.1, 0.15) is 15.9 Å². The van der Waals surface area contributed by atoms with E-state index >= 15 is 0 Å². The number of benzene rings is 2. The highest BCUT2D eigenvalue weighted by atomic mass is 35.5. The third-order valence-corrected chi connectivity index (χ3v) is 4.76. The molecule has 3 rings (SSSR count). The Labute approximate surface area is 158 Å². The van der Waals surface area contributed by atoms with Crippen LogP contribution in [0, 0.1) is 6.92 Å². The fraction of sp³-hybridized carbons (Fsp3) is 0.300. The second kappa shape index (κ2) is 8.34. The van der Waals surface area contributed by atoms with Crippen LogP contribution in [-0.2, 0) is 4.79 Å². The zero-order valence-corrected chi connectivity index (χ0v) is 15.5. The van der Waals surface area contributed by atoms with E-state index in [9.17, 15) is 9.59 Å². The number of nitrogens with one attached hydrogen (secondary N) is 1. The van der Waals surface area contributed by atoms with Crippen molar-refractivity contribution in [1.82, 2.24) is 9.80 Å². The van der Waals surface area contributed by atoms with Gasteiger partial charge in [0.1, 0.15) is 0 Å². The molecule has 0 aliphatic carbocycles. The first kappa shape index (κ1) is 18.4. The highest BCUT2D eigenvalue weighted by molar-refractivity contribution is 6.31. The molecule has 0 spiro atoms. The van der Waals surface area contributed by atoms with Crippen LogP contribution in [0.3, 0.4) is 0 Å². The number of anilines is 1. The number of rotatable bonds is 4. The van der Waals surface area contributed by atoms with Gasteiger partial charge in [0.05, 0.1) is 6.54 Å². The highest BCUT2D eigenvalue weighted by Crippen LogP contribution is 2.20. The molecule has 0 saturated carbocycles. The van der Waals surface area contributed by atoms with Crippen molar-refractivity contribution in [2.75, 3.05) is 38.0 Å². The molecule has 0 unspecified atom stereocenters. The van der Waals surface area contributed by atoms with Gasteiger partial charge in [-0.15, -0.1) is 0 Å². The van der Waals surface area contributed by atoms with Gasteiger partial charge >= 0.3 is 0 Å². The molecule has 1 N–H and O–H groups in total. The smallest absolute Gasteiger partial charge is 0.253 e. The van der Waals surface area contributed by atoms with Crippen molar-refractivity contribution < 1.29 is 9.59 Å². The van der Waals surface area contributed by atoms with E-state index in [2.05, 4.69) is 10.2 Å². The van der Waals surface area contributed by atoms with Crippen molar-refractivity contribution in [2.24, 2.45) is 0 Å². The van der Waals surface area contributed by atoms with Gasteiger partial charge in [0.25, 0.3) is 5.91 Å². The third kappa shape index (κ3) is 4.62. The van der Waals surface area contributed by atoms with E-state index in [1.807, 2.05) is 48.2 Å². The van der Waals surface area contributed by atoms with E-state index in [1.165, 1.54) is 0 Å². The number of piperazine rings is 1. The van der Waals surface area contributed by atoms with Crippen LogP contribution in [0.2, 0.25) is 5.02 Å². The van der Waals surface area contributed by atoms with Crippen LogP contribution in [-0.4, -0.2) is 54.3 Å². The maximum Gasteiger partial charge on any atom is 0.253 e. The molecule has 2 aromatic rings. The minimum absolute atomic E-state index is 0.0456. The summed E-state index contributed by atoms with van der Waals surface area (Å²) >= 11 is 5.99. The minimum atomic E-state index is -0.0711. The second-order valence-corrected chi connectivity index (χ2v) is 6.88. The summed E-state index contributed by atoms with van der Waals surface area (Å²) in [4.78, 5) is 28.7. The Balaban J connectivity index is 1.50. The number of carbonyl (C=O) groups is 2. The molecule has 0 bridgehead atoms. The Bertz CT molecular complexity index is 787. The number of hydrogen-bond acceptors (Lipinski definition) is 3. The maximum absolute atomic E-state index is 12.5. The molecule has 0 aromatic heterocycles. The van der Waals surface area contributed by atoms with Crippen LogP contribution in [0.25, 0.3) is 0 Å². The van der Waals surface area contributed by atoms with E-state index in [1.54, 1.807) is 12.1 Å². The van der Waals surface area contributed by atoms with Gasteiger partial charge in [-0.05, 0) is 36.8 Å². The average molecular weight is 372 g/mol. The first-order valence-corrected chi connectivity index (χ1v) is 9.03. The number of hydrogen-bond donors (Lipinski definition) is 1. The van der Waals surface area contributed by atoms with E-state index in [0.29, 0.717) is 43.3 Å². The van der Waals surface area contributed by atoms with Gasteiger partial charge < -0.3 is 10.2 Å². The summed E-state index contributed by atoms with van der Waals surface area (Å²) in [5, 5.41) is 3.51. The van der Waals surface area contributed by atoms with Gasteiger partial charge in [-0.3, -0.25) is 14.5 Å². The Morgan fingerprint density at radius 2 is 1.73 bits per heavy atom. The van der Waals surface area contributed by atoms with Gasteiger partial charge in [-0.25, -0.2) is 0 Å². The number of amides is 2. The van der Waals surface area contributed by atoms with Crippen LogP contribution < -0.4 is 5.32 Å². The fourth-order valence-electron chi connectivity index (χ4n) is 2.99. The van der Waals surface area contributed by atoms with E-state index in [0.717, 1.165) is 11.3 Å². The number of halogens is 1. The van der Waals surface area contributed by atoms with E-state index in [-0.39, 0.29) is 11.8 Å². The summed E-state index contributed by atoms with van der Waals surface area (Å²) in [7, 11) is 0. The lowest BCUT2D eigenvalue weighted by Gasteiger charge is -2.34.